The smallest absolute Gasteiger partial charge is 0.416 e. The standard InChI is InChI=1S/C22H15F3N2O7/c23-22(24,25)15-6-9-20(19(12-15)27(31)32)34-16-7-8-18(26(29)30)17(13-16)21(28)33-11-10-14-4-2-1-3-5-14/h1-9,12-13H,10-11H2. The lowest BCUT2D eigenvalue weighted by atomic mass is 10.1. The second kappa shape index (κ2) is 9.98. The fraction of sp³-hybridized carbons (Fsp3) is 0.136. The van der Waals surface area contributed by atoms with Crippen molar-refractivity contribution in [2.75, 3.05) is 6.61 Å². The Balaban J connectivity index is 1.85. The number of benzene rings is 3. The summed E-state index contributed by atoms with van der Waals surface area (Å²) in [5.41, 5.74) is -2.43. The summed E-state index contributed by atoms with van der Waals surface area (Å²) >= 11 is 0. The zero-order valence-corrected chi connectivity index (χ0v) is 17.2. The van der Waals surface area contributed by atoms with E-state index in [0.717, 1.165) is 29.8 Å². The summed E-state index contributed by atoms with van der Waals surface area (Å²) in [7, 11) is 0. The molecule has 0 heterocycles. The van der Waals surface area contributed by atoms with Crippen LogP contribution in [-0.2, 0) is 17.3 Å². The molecule has 0 unspecified atom stereocenters. The Labute approximate surface area is 189 Å². The molecule has 3 rings (SSSR count). The van der Waals surface area contributed by atoms with Gasteiger partial charge in [-0.25, -0.2) is 4.79 Å². The molecule has 0 amide bonds. The molecule has 0 aliphatic heterocycles. The summed E-state index contributed by atoms with van der Waals surface area (Å²) in [6.07, 6.45) is -4.46. The van der Waals surface area contributed by atoms with Gasteiger partial charge in [0.05, 0.1) is 22.0 Å². The lowest BCUT2D eigenvalue weighted by Crippen LogP contribution is -2.11. The van der Waals surface area contributed by atoms with Crippen LogP contribution in [0.5, 0.6) is 11.5 Å². The summed E-state index contributed by atoms with van der Waals surface area (Å²) < 4.78 is 49.1. The van der Waals surface area contributed by atoms with E-state index in [0.29, 0.717) is 18.6 Å². The molecule has 34 heavy (non-hydrogen) atoms. The van der Waals surface area contributed by atoms with E-state index in [1.165, 1.54) is 0 Å². The molecule has 0 radical (unpaired) electrons. The Hall–Kier alpha value is -4.48. The number of esters is 1. The molecule has 0 spiro atoms. The van der Waals surface area contributed by atoms with E-state index in [2.05, 4.69) is 0 Å². The molecule has 0 saturated carbocycles. The molecule has 0 N–H and O–H groups in total. The molecule has 0 bridgehead atoms. The zero-order valence-electron chi connectivity index (χ0n) is 17.2. The van der Waals surface area contributed by atoms with Crippen molar-refractivity contribution < 1.29 is 37.3 Å². The lowest BCUT2D eigenvalue weighted by molar-refractivity contribution is -0.385. The van der Waals surface area contributed by atoms with Crippen molar-refractivity contribution in [2.45, 2.75) is 12.6 Å². The van der Waals surface area contributed by atoms with Gasteiger partial charge >= 0.3 is 17.8 Å². The largest absolute Gasteiger partial charge is 0.462 e. The fourth-order valence-electron chi connectivity index (χ4n) is 2.94. The minimum atomic E-state index is -4.81. The Morgan fingerprint density at radius 1 is 0.882 bits per heavy atom. The van der Waals surface area contributed by atoms with Crippen molar-refractivity contribution in [1.29, 1.82) is 0 Å². The molecule has 0 aromatic heterocycles. The number of nitrogens with zero attached hydrogens (tertiary/aromatic N) is 2. The molecule has 3 aromatic rings. The molecule has 0 atom stereocenters. The average molecular weight is 476 g/mol. The summed E-state index contributed by atoms with van der Waals surface area (Å²) in [6.45, 7) is -0.0739. The number of hydrogen-bond donors (Lipinski definition) is 0. The first-order chi connectivity index (χ1) is 16.1. The number of ether oxygens (including phenoxy) is 2. The first-order valence-electron chi connectivity index (χ1n) is 9.59. The molecule has 12 heteroatoms. The van der Waals surface area contributed by atoms with Crippen LogP contribution < -0.4 is 4.74 Å². The number of hydrogen-bond acceptors (Lipinski definition) is 7. The molecule has 0 aliphatic rings. The summed E-state index contributed by atoms with van der Waals surface area (Å²) in [5.74, 6) is -1.83. The van der Waals surface area contributed by atoms with E-state index in [1.54, 1.807) is 12.1 Å². The third kappa shape index (κ3) is 5.85. The minimum Gasteiger partial charge on any atom is -0.462 e. The third-order valence-corrected chi connectivity index (χ3v) is 4.56. The number of alkyl halides is 3. The van der Waals surface area contributed by atoms with Crippen LogP contribution >= 0.6 is 0 Å². The van der Waals surface area contributed by atoms with Gasteiger partial charge in [0.2, 0.25) is 5.75 Å². The number of carbonyl (C=O) groups excluding carboxylic acids is 1. The van der Waals surface area contributed by atoms with E-state index in [4.69, 9.17) is 9.47 Å². The normalized spacial score (nSPS) is 11.0. The van der Waals surface area contributed by atoms with Gasteiger partial charge in [0.25, 0.3) is 5.69 Å². The minimum absolute atomic E-state index is 0.0739. The third-order valence-electron chi connectivity index (χ3n) is 4.56. The highest BCUT2D eigenvalue weighted by atomic mass is 19.4. The van der Waals surface area contributed by atoms with Crippen molar-refractivity contribution in [3.63, 3.8) is 0 Å². The molecule has 0 aliphatic carbocycles. The van der Waals surface area contributed by atoms with Crippen LogP contribution in [0.25, 0.3) is 0 Å². The summed E-state index contributed by atoms with van der Waals surface area (Å²) in [5, 5.41) is 22.6. The average Bonchev–Trinajstić information content (AvgIpc) is 2.79. The SMILES string of the molecule is O=C(OCCc1ccccc1)c1cc(Oc2ccc(C(F)(F)F)cc2[N+](=O)[O-])ccc1[N+](=O)[O-]. The van der Waals surface area contributed by atoms with E-state index >= 15 is 0 Å². The Kier molecular flexibility index (Phi) is 7.09. The van der Waals surface area contributed by atoms with Gasteiger partial charge in [-0.2, -0.15) is 13.2 Å². The molecule has 3 aromatic carbocycles. The zero-order chi connectivity index (χ0) is 24.9. The second-order valence-electron chi connectivity index (χ2n) is 6.85. The second-order valence-corrected chi connectivity index (χ2v) is 6.85. The predicted octanol–water partition coefficient (Wildman–Crippen LogP) is 5.71. The number of halogens is 3. The van der Waals surface area contributed by atoms with Crippen LogP contribution in [0, 0.1) is 20.2 Å². The first kappa shape index (κ1) is 24.2. The van der Waals surface area contributed by atoms with Crippen LogP contribution in [0.2, 0.25) is 0 Å². The van der Waals surface area contributed by atoms with Gasteiger partial charge in [0.1, 0.15) is 11.3 Å². The highest BCUT2D eigenvalue weighted by Crippen LogP contribution is 2.38. The van der Waals surface area contributed by atoms with E-state index < -0.39 is 50.2 Å². The van der Waals surface area contributed by atoms with Crippen LogP contribution in [0.1, 0.15) is 21.5 Å². The highest BCUT2D eigenvalue weighted by molar-refractivity contribution is 5.94. The fourth-order valence-corrected chi connectivity index (χ4v) is 2.94. The van der Waals surface area contributed by atoms with Crippen LogP contribution in [0.4, 0.5) is 24.5 Å². The van der Waals surface area contributed by atoms with Crippen LogP contribution in [0.3, 0.4) is 0 Å². The number of nitro benzene ring substituents is 2. The lowest BCUT2D eigenvalue weighted by Gasteiger charge is -2.11. The Morgan fingerprint density at radius 3 is 2.18 bits per heavy atom. The van der Waals surface area contributed by atoms with Gasteiger partial charge < -0.3 is 9.47 Å². The van der Waals surface area contributed by atoms with Crippen LogP contribution in [-0.4, -0.2) is 22.4 Å². The Morgan fingerprint density at radius 2 is 1.56 bits per heavy atom. The van der Waals surface area contributed by atoms with E-state index in [9.17, 15) is 38.2 Å². The highest BCUT2D eigenvalue weighted by Gasteiger charge is 2.33. The maximum Gasteiger partial charge on any atom is 0.416 e. The molecule has 9 nitrogen and oxygen atoms in total. The van der Waals surface area contributed by atoms with Crippen molar-refractivity contribution >= 4 is 17.3 Å². The Bertz CT molecular complexity index is 1230. The summed E-state index contributed by atoms with van der Waals surface area (Å²) in [6, 6.07) is 13.6. The maximum atomic E-state index is 12.9. The van der Waals surface area contributed by atoms with Gasteiger partial charge in [0, 0.05) is 24.6 Å². The number of rotatable bonds is 8. The van der Waals surface area contributed by atoms with E-state index in [-0.39, 0.29) is 12.4 Å². The van der Waals surface area contributed by atoms with Gasteiger partial charge in [0.15, 0.2) is 0 Å². The quantitative estimate of drug-likeness (QED) is 0.232. The van der Waals surface area contributed by atoms with Gasteiger partial charge in [-0.3, -0.25) is 20.2 Å². The number of nitro groups is 2. The van der Waals surface area contributed by atoms with Gasteiger partial charge in [-0.1, -0.05) is 30.3 Å². The monoisotopic (exact) mass is 476 g/mol. The number of carbonyl (C=O) groups is 1. The van der Waals surface area contributed by atoms with Crippen molar-refractivity contribution in [3.05, 3.63) is 104 Å². The van der Waals surface area contributed by atoms with Crippen LogP contribution in [0.15, 0.2) is 66.7 Å². The van der Waals surface area contributed by atoms with Gasteiger partial charge in [-0.15, -0.1) is 0 Å². The van der Waals surface area contributed by atoms with E-state index in [1.807, 2.05) is 18.2 Å². The molecular weight excluding hydrogens is 461 g/mol. The van der Waals surface area contributed by atoms with Gasteiger partial charge in [-0.05, 0) is 23.8 Å². The van der Waals surface area contributed by atoms with Crippen molar-refractivity contribution in [2.24, 2.45) is 0 Å². The molecular formula is C22H15F3N2O7. The summed E-state index contributed by atoms with van der Waals surface area (Å²) in [4.78, 5) is 33.2. The predicted molar refractivity (Wildman–Crippen MR) is 112 cm³/mol. The molecule has 176 valence electrons. The maximum absolute atomic E-state index is 12.9. The first-order valence-corrected chi connectivity index (χ1v) is 9.59. The van der Waals surface area contributed by atoms with Crippen molar-refractivity contribution in [1.82, 2.24) is 0 Å². The molecule has 0 fully saturated rings. The van der Waals surface area contributed by atoms with Crippen molar-refractivity contribution in [3.8, 4) is 11.5 Å². The topological polar surface area (TPSA) is 122 Å². The molecule has 0 saturated heterocycles.